The van der Waals surface area contributed by atoms with Crippen molar-refractivity contribution in [2.24, 2.45) is 0 Å². The first kappa shape index (κ1) is 15.5. The number of allylic oxidation sites excluding steroid dienone is 1. The molecule has 0 rings (SSSR count). The Hall–Kier alpha value is -1.36. The molecule has 0 aromatic heterocycles. The number of unbranched alkanes of at least 4 members (excludes halogenated alkanes) is 5. The van der Waals surface area contributed by atoms with Gasteiger partial charge in [0.1, 0.15) is 6.54 Å². The molecule has 0 fully saturated rings. The van der Waals surface area contributed by atoms with Gasteiger partial charge in [-0.1, -0.05) is 38.7 Å². The first-order valence-electron chi connectivity index (χ1n) is 9.27. The number of nitrogens with zero attached hydrogens (tertiary/aromatic N) is 1. The average Bonchev–Trinajstić information content (AvgIpc) is 2.43. The molecule has 0 aliphatic carbocycles. The highest BCUT2D eigenvalue weighted by Gasteiger charge is 2.21. The van der Waals surface area contributed by atoms with Crippen LogP contribution in [0.25, 0.3) is 0 Å². The molecule has 0 bridgehead atoms. The lowest BCUT2D eigenvalue weighted by Crippen LogP contribution is -2.45. The smallest absolute Gasteiger partial charge is 0.330 e. The zero-order valence-electron chi connectivity index (χ0n) is 17.2. The van der Waals surface area contributed by atoms with E-state index in [1.165, 1.54) is 6.42 Å². The molecule has 128 valence electrons. The molecule has 0 amide bonds. The maximum absolute atomic E-state index is 11.9. The lowest BCUT2D eigenvalue weighted by molar-refractivity contribution is -0.873. The van der Waals surface area contributed by atoms with Crippen molar-refractivity contribution in [2.75, 3.05) is 27.7 Å². The summed E-state index contributed by atoms with van der Waals surface area (Å²) in [5.74, 6) is -3.01. The molecule has 0 aromatic carbocycles. The molecule has 5 heteroatoms. The number of aliphatic carboxylic acids is 1. The molecule has 0 radical (unpaired) electrons. The van der Waals surface area contributed by atoms with E-state index in [0.717, 1.165) is 31.8 Å². The summed E-state index contributed by atoms with van der Waals surface area (Å²) in [6, 6.07) is 0. The fraction of sp³-hybridized carbons (Fsp3) is 0.765. The topological polar surface area (TPSA) is 66.4 Å². The molecule has 1 unspecified atom stereocenters. The second kappa shape index (κ2) is 11.2. The van der Waals surface area contributed by atoms with Crippen molar-refractivity contribution in [1.82, 2.24) is 0 Å². The normalized spacial score (nSPS) is 17.4. The van der Waals surface area contributed by atoms with Crippen molar-refractivity contribution in [3.63, 3.8) is 0 Å². The molecular formula is C17H31NO4. The highest BCUT2D eigenvalue weighted by molar-refractivity contribution is 5.82. The third-order valence-electron chi connectivity index (χ3n) is 2.81. The second-order valence-corrected chi connectivity index (χ2v) is 6.31. The van der Waals surface area contributed by atoms with Crippen molar-refractivity contribution in [1.29, 1.82) is 0 Å². The monoisotopic (exact) mass is 316 g/mol. The predicted molar refractivity (Wildman–Crippen MR) is 84.9 cm³/mol. The molecule has 0 N–H and O–H groups in total. The SMILES string of the molecule is [2H]C(C[N+](C)(C)C)(OC(=O)/C=C\CCCCCCC)C([2H])([2H])C(=O)[O-]. The van der Waals surface area contributed by atoms with E-state index in [9.17, 15) is 14.7 Å². The summed E-state index contributed by atoms with van der Waals surface area (Å²) in [4.78, 5) is 23.0. The third kappa shape index (κ3) is 13.6. The van der Waals surface area contributed by atoms with Gasteiger partial charge in [0.15, 0.2) is 6.08 Å². The molecule has 5 nitrogen and oxygen atoms in total. The van der Waals surface area contributed by atoms with Crippen molar-refractivity contribution in [2.45, 2.75) is 57.9 Å². The van der Waals surface area contributed by atoms with Gasteiger partial charge in [-0.3, -0.25) is 0 Å². The second-order valence-electron chi connectivity index (χ2n) is 6.31. The minimum atomic E-state index is -3.14. The maximum atomic E-state index is 11.9. The zero-order valence-corrected chi connectivity index (χ0v) is 14.2. The summed E-state index contributed by atoms with van der Waals surface area (Å²) in [7, 11) is 4.94. The number of hydrogen-bond acceptors (Lipinski definition) is 4. The third-order valence-corrected chi connectivity index (χ3v) is 2.81. The number of carboxylic acids is 1. The Kier molecular flexibility index (Phi) is 7.94. The fourth-order valence-electron chi connectivity index (χ4n) is 1.84. The Morgan fingerprint density at radius 3 is 2.45 bits per heavy atom. The minimum Gasteiger partial charge on any atom is -0.550 e. The van der Waals surface area contributed by atoms with Crippen LogP contribution in [0, 0.1) is 0 Å². The average molecular weight is 316 g/mol. The van der Waals surface area contributed by atoms with Crippen LogP contribution in [0.15, 0.2) is 12.2 Å². The van der Waals surface area contributed by atoms with Crippen LogP contribution >= 0.6 is 0 Å². The molecule has 0 saturated heterocycles. The van der Waals surface area contributed by atoms with E-state index in [1.807, 2.05) is 0 Å². The van der Waals surface area contributed by atoms with Gasteiger partial charge >= 0.3 is 5.97 Å². The number of ether oxygens (including phenoxy) is 1. The number of likely N-dealkylation sites (N-methyl/N-ethyl adjacent to an activating group) is 1. The molecular weight excluding hydrogens is 282 g/mol. The largest absolute Gasteiger partial charge is 0.550 e. The van der Waals surface area contributed by atoms with Gasteiger partial charge < -0.3 is 19.1 Å². The summed E-state index contributed by atoms with van der Waals surface area (Å²) in [5, 5.41) is 11.1. The van der Waals surface area contributed by atoms with E-state index >= 15 is 0 Å². The van der Waals surface area contributed by atoms with Crippen LogP contribution < -0.4 is 5.11 Å². The van der Waals surface area contributed by atoms with Crippen LogP contribution in [0.3, 0.4) is 0 Å². The molecule has 22 heavy (non-hydrogen) atoms. The van der Waals surface area contributed by atoms with Crippen LogP contribution in [-0.4, -0.2) is 50.2 Å². The molecule has 0 aromatic rings. The number of hydrogen-bond donors (Lipinski definition) is 0. The summed E-state index contributed by atoms with van der Waals surface area (Å²) < 4.78 is 28.3. The Bertz CT molecular complexity index is 475. The Balaban J connectivity index is 4.86. The van der Waals surface area contributed by atoms with Crippen LogP contribution in [-0.2, 0) is 14.3 Å². The van der Waals surface area contributed by atoms with Crippen molar-refractivity contribution in [3.05, 3.63) is 12.2 Å². The summed E-state index contributed by atoms with van der Waals surface area (Å²) in [6.45, 7) is 1.79. The quantitative estimate of drug-likeness (QED) is 0.238. The van der Waals surface area contributed by atoms with E-state index in [1.54, 1.807) is 27.2 Å². The van der Waals surface area contributed by atoms with Gasteiger partial charge in [-0.2, -0.15) is 0 Å². The highest BCUT2D eigenvalue weighted by atomic mass is 16.5. The number of quaternary nitrogens is 1. The molecule has 0 saturated carbocycles. The Morgan fingerprint density at radius 1 is 1.27 bits per heavy atom. The van der Waals surface area contributed by atoms with Crippen LogP contribution in [0.1, 0.15) is 55.9 Å². The summed E-state index contributed by atoms with van der Waals surface area (Å²) in [5.41, 5.74) is 0. The molecule has 0 aliphatic heterocycles. The van der Waals surface area contributed by atoms with E-state index in [4.69, 9.17) is 8.85 Å². The van der Waals surface area contributed by atoms with Gasteiger partial charge in [-0.15, -0.1) is 0 Å². The van der Waals surface area contributed by atoms with Gasteiger partial charge in [-0.05, 0) is 12.8 Å². The predicted octanol–water partition coefficient (Wildman–Crippen LogP) is 1.66. The summed E-state index contributed by atoms with van der Waals surface area (Å²) >= 11 is 0. The number of carboxylic acid groups (broad SMARTS) is 1. The number of esters is 1. The van der Waals surface area contributed by atoms with Crippen molar-refractivity contribution >= 4 is 11.9 Å². The molecule has 1 atom stereocenters. The van der Waals surface area contributed by atoms with Crippen molar-refractivity contribution < 1.29 is 28.0 Å². The van der Waals surface area contributed by atoms with Gasteiger partial charge in [0.25, 0.3) is 0 Å². The number of carbonyl (C=O) groups is 2. The number of rotatable bonds is 12. The lowest BCUT2D eigenvalue weighted by atomic mass is 10.1. The molecule has 0 heterocycles. The minimum absolute atomic E-state index is 0.0463. The van der Waals surface area contributed by atoms with Gasteiger partial charge in [0, 0.05) is 21.2 Å². The van der Waals surface area contributed by atoms with Gasteiger partial charge in [0.05, 0.1) is 22.5 Å². The zero-order chi connectivity index (χ0) is 19.7. The van der Waals surface area contributed by atoms with Crippen molar-refractivity contribution in [3.8, 4) is 0 Å². The Labute approximate surface area is 138 Å². The molecule has 0 spiro atoms. The van der Waals surface area contributed by atoms with E-state index in [0.29, 0.717) is 6.42 Å². The van der Waals surface area contributed by atoms with E-state index < -0.39 is 24.4 Å². The fourth-order valence-corrected chi connectivity index (χ4v) is 1.84. The van der Waals surface area contributed by atoms with E-state index in [-0.39, 0.29) is 11.0 Å². The Morgan fingerprint density at radius 2 is 1.91 bits per heavy atom. The first-order chi connectivity index (χ1) is 11.4. The van der Waals surface area contributed by atoms with E-state index in [2.05, 4.69) is 6.92 Å². The van der Waals surface area contributed by atoms with Crippen LogP contribution in [0.4, 0.5) is 0 Å². The number of carbonyl (C=O) groups excluding carboxylic acids is 2. The maximum Gasteiger partial charge on any atom is 0.330 e. The standard InChI is InChI=1S/C17H31NO4/c1-5-6-7-8-9-10-11-12-17(21)22-15(13-16(19)20)14-18(2,3)4/h11-12,15H,5-10,13-14H2,1-4H3/b12-11-/i13D2,15D. The lowest BCUT2D eigenvalue weighted by Gasteiger charge is -2.29. The van der Waals surface area contributed by atoms with Crippen LogP contribution in [0.5, 0.6) is 0 Å². The van der Waals surface area contributed by atoms with Crippen LogP contribution in [0.2, 0.25) is 0 Å². The van der Waals surface area contributed by atoms with Gasteiger partial charge in [0.2, 0.25) is 0 Å². The highest BCUT2D eigenvalue weighted by Crippen LogP contribution is 2.07. The molecule has 0 aliphatic rings. The van der Waals surface area contributed by atoms with Gasteiger partial charge in [-0.25, -0.2) is 4.79 Å². The first-order valence-corrected chi connectivity index (χ1v) is 7.77. The summed E-state index contributed by atoms with van der Waals surface area (Å²) in [6.07, 6.45) is 3.14.